The molecule has 4 N–H and O–H groups in total. The van der Waals surface area contributed by atoms with Crippen molar-refractivity contribution >= 4 is 27.9 Å². The number of piperazine rings is 1. The van der Waals surface area contributed by atoms with E-state index < -0.39 is 5.91 Å². The standard InChI is InChI=1S/C12H20N4OS/c1-8(2)15-3-5-16(6-4-15)10-7-9(13)11(18-10)12(14)17/h7-8H,3-6,13H2,1-2H3,(H2,14,17). The molecular weight excluding hydrogens is 248 g/mol. The zero-order valence-corrected chi connectivity index (χ0v) is 11.7. The molecule has 6 heteroatoms. The molecule has 1 aromatic rings. The van der Waals surface area contributed by atoms with E-state index in [4.69, 9.17) is 11.5 Å². The van der Waals surface area contributed by atoms with Gasteiger partial charge in [0.25, 0.3) is 5.91 Å². The SMILES string of the molecule is CC(C)N1CCN(c2cc(N)c(C(N)=O)s2)CC1. The van der Waals surface area contributed by atoms with Gasteiger partial charge >= 0.3 is 0 Å². The van der Waals surface area contributed by atoms with E-state index in [2.05, 4.69) is 23.6 Å². The summed E-state index contributed by atoms with van der Waals surface area (Å²) in [6.45, 7) is 8.45. The summed E-state index contributed by atoms with van der Waals surface area (Å²) in [6.07, 6.45) is 0. The fourth-order valence-electron chi connectivity index (χ4n) is 2.20. The first-order valence-corrected chi connectivity index (χ1v) is 6.98. The highest BCUT2D eigenvalue weighted by atomic mass is 32.1. The number of nitrogens with two attached hydrogens (primary N) is 2. The van der Waals surface area contributed by atoms with Gasteiger partial charge in [-0.2, -0.15) is 0 Å². The van der Waals surface area contributed by atoms with Crippen LogP contribution in [0.25, 0.3) is 0 Å². The number of nitrogens with zero attached hydrogens (tertiary/aromatic N) is 2. The summed E-state index contributed by atoms with van der Waals surface area (Å²) in [7, 11) is 0. The van der Waals surface area contributed by atoms with E-state index in [-0.39, 0.29) is 0 Å². The normalized spacial score (nSPS) is 17.4. The molecule has 100 valence electrons. The van der Waals surface area contributed by atoms with Crippen LogP contribution in [0, 0.1) is 0 Å². The van der Waals surface area contributed by atoms with E-state index in [1.807, 2.05) is 6.07 Å². The molecule has 0 spiro atoms. The number of rotatable bonds is 3. The van der Waals surface area contributed by atoms with E-state index in [1.165, 1.54) is 11.3 Å². The number of primary amides is 1. The van der Waals surface area contributed by atoms with Crippen molar-refractivity contribution < 1.29 is 4.79 Å². The van der Waals surface area contributed by atoms with Crippen molar-refractivity contribution in [3.05, 3.63) is 10.9 Å². The van der Waals surface area contributed by atoms with Crippen LogP contribution < -0.4 is 16.4 Å². The van der Waals surface area contributed by atoms with E-state index >= 15 is 0 Å². The van der Waals surface area contributed by atoms with Gasteiger partial charge in [0.05, 0.1) is 10.7 Å². The summed E-state index contributed by atoms with van der Waals surface area (Å²) in [6, 6.07) is 2.44. The topological polar surface area (TPSA) is 75.6 Å². The van der Waals surface area contributed by atoms with Gasteiger partial charge in [-0.3, -0.25) is 9.69 Å². The average molecular weight is 268 g/mol. The van der Waals surface area contributed by atoms with Crippen LogP contribution in [-0.4, -0.2) is 43.0 Å². The minimum absolute atomic E-state index is 0.440. The average Bonchev–Trinajstić information content (AvgIpc) is 2.71. The summed E-state index contributed by atoms with van der Waals surface area (Å²) in [4.78, 5) is 16.4. The van der Waals surface area contributed by atoms with Gasteiger partial charge in [0.15, 0.2) is 0 Å². The molecule has 1 aliphatic rings. The highest BCUT2D eigenvalue weighted by Gasteiger charge is 2.21. The molecule has 1 amide bonds. The van der Waals surface area contributed by atoms with Crippen LogP contribution in [0.15, 0.2) is 6.07 Å². The molecule has 0 unspecified atom stereocenters. The lowest BCUT2D eigenvalue weighted by atomic mass is 10.2. The lowest BCUT2D eigenvalue weighted by molar-refractivity contribution is 0.100. The van der Waals surface area contributed by atoms with Gasteiger partial charge in [-0.25, -0.2) is 0 Å². The molecule has 0 radical (unpaired) electrons. The summed E-state index contributed by atoms with van der Waals surface area (Å²) in [5.41, 5.74) is 11.6. The van der Waals surface area contributed by atoms with Gasteiger partial charge in [-0.1, -0.05) is 0 Å². The van der Waals surface area contributed by atoms with Gasteiger partial charge in [0, 0.05) is 32.2 Å². The quantitative estimate of drug-likeness (QED) is 0.856. The third-order valence-electron chi connectivity index (χ3n) is 3.33. The molecule has 0 aliphatic carbocycles. The van der Waals surface area contributed by atoms with Crippen molar-refractivity contribution in [3.8, 4) is 0 Å². The predicted octanol–water partition coefficient (Wildman–Crippen LogP) is 0.960. The third kappa shape index (κ3) is 2.59. The molecule has 1 saturated heterocycles. The monoisotopic (exact) mass is 268 g/mol. The Labute approximate surface area is 111 Å². The minimum atomic E-state index is -0.440. The largest absolute Gasteiger partial charge is 0.397 e. The minimum Gasteiger partial charge on any atom is -0.397 e. The Morgan fingerprint density at radius 3 is 2.39 bits per heavy atom. The first-order valence-electron chi connectivity index (χ1n) is 6.17. The Kier molecular flexibility index (Phi) is 3.77. The summed E-state index contributed by atoms with van der Waals surface area (Å²) >= 11 is 1.39. The van der Waals surface area contributed by atoms with E-state index in [0.29, 0.717) is 16.6 Å². The zero-order valence-electron chi connectivity index (χ0n) is 10.8. The van der Waals surface area contributed by atoms with Crippen molar-refractivity contribution in [2.24, 2.45) is 5.73 Å². The molecule has 5 nitrogen and oxygen atoms in total. The third-order valence-corrected chi connectivity index (χ3v) is 4.55. The second kappa shape index (κ2) is 5.16. The summed E-state index contributed by atoms with van der Waals surface area (Å²) in [5.74, 6) is -0.440. The molecule has 1 fully saturated rings. The molecule has 0 aromatic carbocycles. The van der Waals surface area contributed by atoms with E-state index in [9.17, 15) is 4.79 Å². The molecule has 0 saturated carbocycles. The van der Waals surface area contributed by atoms with Crippen molar-refractivity contribution in [2.75, 3.05) is 36.8 Å². The Hall–Kier alpha value is -1.27. The second-order valence-corrected chi connectivity index (χ2v) is 5.88. The first-order chi connectivity index (χ1) is 8.49. The van der Waals surface area contributed by atoms with Gasteiger partial charge in [0.1, 0.15) is 4.88 Å². The molecule has 18 heavy (non-hydrogen) atoms. The van der Waals surface area contributed by atoms with Gasteiger partial charge in [-0.15, -0.1) is 11.3 Å². The van der Waals surface area contributed by atoms with Crippen molar-refractivity contribution in [1.29, 1.82) is 0 Å². The van der Waals surface area contributed by atoms with Crippen molar-refractivity contribution in [1.82, 2.24) is 4.90 Å². The highest BCUT2D eigenvalue weighted by molar-refractivity contribution is 7.18. The van der Waals surface area contributed by atoms with Crippen LogP contribution in [0.5, 0.6) is 0 Å². The van der Waals surface area contributed by atoms with Crippen molar-refractivity contribution in [3.63, 3.8) is 0 Å². The number of hydrogen-bond acceptors (Lipinski definition) is 5. The Morgan fingerprint density at radius 2 is 1.94 bits per heavy atom. The molecule has 1 aliphatic heterocycles. The maximum Gasteiger partial charge on any atom is 0.260 e. The van der Waals surface area contributed by atoms with Gasteiger partial charge in [-0.05, 0) is 19.9 Å². The molecule has 1 aromatic heterocycles. The molecular formula is C12H20N4OS. The first kappa shape index (κ1) is 13.2. The van der Waals surface area contributed by atoms with Crippen LogP contribution in [0.3, 0.4) is 0 Å². The highest BCUT2D eigenvalue weighted by Crippen LogP contribution is 2.32. The zero-order chi connectivity index (χ0) is 13.3. The lowest BCUT2D eigenvalue weighted by Gasteiger charge is -2.37. The number of anilines is 2. The Morgan fingerprint density at radius 1 is 1.33 bits per heavy atom. The number of amides is 1. The van der Waals surface area contributed by atoms with Crippen LogP contribution in [0.4, 0.5) is 10.7 Å². The number of thiophene rings is 1. The van der Waals surface area contributed by atoms with Gasteiger partial charge < -0.3 is 16.4 Å². The van der Waals surface area contributed by atoms with Gasteiger partial charge in [0.2, 0.25) is 0 Å². The fourth-order valence-corrected chi connectivity index (χ4v) is 3.18. The smallest absolute Gasteiger partial charge is 0.260 e. The van der Waals surface area contributed by atoms with Crippen LogP contribution in [-0.2, 0) is 0 Å². The van der Waals surface area contributed by atoms with Crippen LogP contribution >= 0.6 is 11.3 Å². The molecule has 2 heterocycles. The van der Waals surface area contributed by atoms with Crippen molar-refractivity contribution in [2.45, 2.75) is 19.9 Å². The summed E-state index contributed by atoms with van der Waals surface area (Å²) < 4.78 is 0. The Balaban J connectivity index is 2.06. The number of hydrogen-bond donors (Lipinski definition) is 2. The Bertz CT molecular complexity index is 435. The number of carbonyl (C=O) groups is 1. The molecule has 0 bridgehead atoms. The fraction of sp³-hybridized carbons (Fsp3) is 0.583. The predicted molar refractivity (Wildman–Crippen MR) is 76.2 cm³/mol. The maximum absolute atomic E-state index is 11.2. The molecule has 0 atom stereocenters. The summed E-state index contributed by atoms with van der Waals surface area (Å²) in [5, 5.41) is 1.05. The molecule has 2 rings (SSSR count). The van der Waals surface area contributed by atoms with E-state index in [0.717, 1.165) is 31.2 Å². The number of carbonyl (C=O) groups excluding carboxylic acids is 1. The second-order valence-electron chi connectivity index (χ2n) is 4.85. The van der Waals surface area contributed by atoms with Crippen LogP contribution in [0.1, 0.15) is 23.5 Å². The number of nitrogen functional groups attached to an aromatic ring is 1. The van der Waals surface area contributed by atoms with E-state index in [1.54, 1.807) is 0 Å². The maximum atomic E-state index is 11.2. The van der Waals surface area contributed by atoms with Crippen LogP contribution in [0.2, 0.25) is 0 Å². The lowest BCUT2D eigenvalue weighted by Crippen LogP contribution is -2.48.